The summed E-state index contributed by atoms with van der Waals surface area (Å²) in [6.45, 7) is 2.34. The van der Waals surface area contributed by atoms with E-state index >= 15 is 0 Å². The number of nitrogens with zero attached hydrogens (tertiary/aromatic N) is 1. The molecule has 9 nitrogen and oxygen atoms in total. The van der Waals surface area contributed by atoms with E-state index in [4.69, 9.17) is 9.47 Å². The zero-order chi connectivity index (χ0) is 22.7. The zero-order valence-electron chi connectivity index (χ0n) is 17.5. The van der Waals surface area contributed by atoms with Crippen LogP contribution >= 0.6 is 0 Å². The summed E-state index contributed by atoms with van der Waals surface area (Å²) in [5.74, 6) is 1.47. The molecule has 4 N–H and O–H groups in total. The molecule has 2 aliphatic heterocycles. The first-order valence-electron chi connectivity index (χ1n) is 10.3. The van der Waals surface area contributed by atoms with Gasteiger partial charge in [-0.05, 0) is 42.8 Å². The predicted octanol–water partition coefficient (Wildman–Crippen LogP) is 2.06. The molecule has 3 heterocycles. The maximum absolute atomic E-state index is 12.2. The Balaban J connectivity index is 1.51. The van der Waals surface area contributed by atoms with Crippen molar-refractivity contribution in [3.63, 3.8) is 0 Å². The minimum Gasteiger partial charge on any atom is -0.508 e. The van der Waals surface area contributed by atoms with E-state index in [-0.39, 0.29) is 35.8 Å². The Morgan fingerprint density at radius 3 is 2.72 bits per heavy atom. The van der Waals surface area contributed by atoms with Crippen molar-refractivity contribution in [2.45, 2.75) is 19.4 Å². The summed E-state index contributed by atoms with van der Waals surface area (Å²) in [4.78, 5) is 7.48. The van der Waals surface area contributed by atoms with Crippen molar-refractivity contribution in [3.8, 4) is 22.8 Å². The molecule has 2 aromatic rings. The Kier molecular flexibility index (Phi) is 6.24. The van der Waals surface area contributed by atoms with Crippen LogP contribution in [0.15, 0.2) is 58.3 Å². The molecule has 0 saturated carbocycles. The summed E-state index contributed by atoms with van der Waals surface area (Å²) in [6, 6.07) is 8.49. The van der Waals surface area contributed by atoms with Crippen LogP contribution in [0, 0.1) is 0 Å². The highest BCUT2D eigenvalue weighted by molar-refractivity contribution is 7.95. The van der Waals surface area contributed by atoms with Gasteiger partial charge in [-0.15, -0.1) is 0 Å². The number of phenols is 1. The highest BCUT2D eigenvalue weighted by atomic mass is 32.2. The largest absolute Gasteiger partial charge is 0.508 e. The molecule has 1 aromatic heterocycles. The van der Waals surface area contributed by atoms with Gasteiger partial charge in [0.1, 0.15) is 34.1 Å². The van der Waals surface area contributed by atoms with Gasteiger partial charge in [-0.2, -0.15) is 0 Å². The molecule has 2 aliphatic rings. The number of hydrogen-bond acceptors (Lipinski definition) is 8. The van der Waals surface area contributed by atoms with Crippen LogP contribution in [-0.2, 0) is 14.6 Å². The summed E-state index contributed by atoms with van der Waals surface area (Å²) in [6.07, 6.45) is 3.32. The van der Waals surface area contributed by atoms with Crippen molar-refractivity contribution < 1.29 is 28.1 Å². The minimum absolute atomic E-state index is 0.0228. The molecular formula is C22H25N3O6S. The Labute approximate surface area is 186 Å². The van der Waals surface area contributed by atoms with Crippen LogP contribution in [0.25, 0.3) is 11.3 Å². The van der Waals surface area contributed by atoms with E-state index in [1.165, 1.54) is 12.1 Å². The number of aliphatic hydroxyl groups excluding tert-OH is 1. The van der Waals surface area contributed by atoms with Crippen molar-refractivity contribution >= 4 is 15.7 Å². The molecule has 0 aliphatic carbocycles. The first kappa shape index (κ1) is 22.0. The molecule has 0 radical (unpaired) electrons. The number of dihydropyridines is 1. The van der Waals surface area contributed by atoms with E-state index in [2.05, 4.69) is 15.3 Å². The molecule has 0 amide bonds. The monoisotopic (exact) mass is 459 g/mol. The fraction of sp³-hybridized carbons (Fsp3) is 0.318. The standard InChI is InChI=1S/C22H25N3O6S/c1-2-7-32(28,29)21-6-3-16(11-23-21)30-17-9-14(8-15(27)10-17)19-4-5-20(25-19)22-24-12-18(13-26)31-22/h3-6,8-10,18,23,25-27H,2,7,11-13H2,1H3. The Morgan fingerprint density at radius 2 is 2.03 bits per heavy atom. The van der Waals surface area contributed by atoms with Crippen LogP contribution in [0.3, 0.4) is 0 Å². The summed E-state index contributed by atoms with van der Waals surface area (Å²) >= 11 is 0. The summed E-state index contributed by atoms with van der Waals surface area (Å²) < 4.78 is 35.8. The number of aromatic hydroxyl groups is 1. The summed E-state index contributed by atoms with van der Waals surface area (Å²) in [7, 11) is -3.32. The van der Waals surface area contributed by atoms with Crippen molar-refractivity contribution in [1.82, 2.24) is 10.3 Å². The third-order valence-electron chi connectivity index (χ3n) is 4.95. The van der Waals surface area contributed by atoms with Crippen molar-refractivity contribution in [2.24, 2.45) is 4.99 Å². The number of allylic oxidation sites excluding steroid dienone is 2. The number of sulfone groups is 1. The molecule has 32 heavy (non-hydrogen) atoms. The maximum Gasteiger partial charge on any atom is 0.233 e. The van der Waals surface area contributed by atoms with Crippen molar-refractivity contribution in [1.29, 1.82) is 0 Å². The second kappa shape index (κ2) is 9.09. The van der Waals surface area contributed by atoms with Crippen LogP contribution in [0.2, 0.25) is 0 Å². The molecule has 0 saturated heterocycles. The lowest BCUT2D eigenvalue weighted by molar-refractivity contribution is 0.130. The van der Waals surface area contributed by atoms with Gasteiger partial charge in [0.15, 0.2) is 9.84 Å². The van der Waals surface area contributed by atoms with Gasteiger partial charge in [-0.1, -0.05) is 6.92 Å². The van der Waals surface area contributed by atoms with Gasteiger partial charge in [0.2, 0.25) is 5.90 Å². The van der Waals surface area contributed by atoms with Crippen molar-refractivity contribution in [2.75, 3.05) is 25.4 Å². The molecule has 10 heteroatoms. The van der Waals surface area contributed by atoms with Gasteiger partial charge in [0, 0.05) is 17.3 Å². The molecule has 1 atom stereocenters. The number of aliphatic imine (C=N–C) groups is 1. The quantitative estimate of drug-likeness (QED) is 0.475. The molecule has 0 spiro atoms. The van der Waals surface area contributed by atoms with Gasteiger partial charge in [0.05, 0.1) is 25.4 Å². The van der Waals surface area contributed by atoms with E-state index in [9.17, 15) is 18.6 Å². The number of aromatic nitrogens is 1. The normalized spacial score (nSPS) is 18.3. The SMILES string of the molecule is CCCS(=O)(=O)C1=CC=C(Oc2cc(O)cc(-c3ccc(C4=NCC(CO)O4)[nH]3)c2)CN1. The lowest BCUT2D eigenvalue weighted by atomic mass is 10.1. The maximum atomic E-state index is 12.2. The fourth-order valence-electron chi connectivity index (χ4n) is 3.42. The van der Waals surface area contributed by atoms with Crippen LogP contribution in [0.4, 0.5) is 0 Å². The molecule has 1 aromatic carbocycles. The number of benzene rings is 1. The van der Waals surface area contributed by atoms with Crippen LogP contribution in [-0.4, -0.2) is 61.1 Å². The number of aromatic amines is 1. The predicted molar refractivity (Wildman–Crippen MR) is 120 cm³/mol. The van der Waals surface area contributed by atoms with E-state index < -0.39 is 9.84 Å². The number of nitrogens with one attached hydrogen (secondary N) is 2. The smallest absolute Gasteiger partial charge is 0.233 e. The zero-order valence-corrected chi connectivity index (χ0v) is 18.4. The second-order valence-electron chi connectivity index (χ2n) is 7.51. The molecular weight excluding hydrogens is 434 g/mol. The molecule has 0 fully saturated rings. The Bertz CT molecular complexity index is 1200. The number of ether oxygens (including phenoxy) is 2. The first-order valence-corrected chi connectivity index (χ1v) is 11.9. The Hall–Kier alpha value is -3.24. The van der Waals surface area contributed by atoms with Gasteiger partial charge in [-0.3, -0.25) is 0 Å². The first-order chi connectivity index (χ1) is 15.4. The Morgan fingerprint density at radius 1 is 1.22 bits per heavy atom. The van der Waals surface area contributed by atoms with Crippen LogP contribution in [0.5, 0.6) is 11.5 Å². The van der Waals surface area contributed by atoms with E-state index in [0.717, 1.165) is 5.69 Å². The fourth-order valence-corrected chi connectivity index (χ4v) is 4.75. The topological polar surface area (TPSA) is 133 Å². The molecule has 1 unspecified atom stereocenters. The van der Waals surface area contributed by atoms with Crippen molar-refractivity contribution in [3.05, 3.63) is 59.0 Å². The third kappa shape index (κ3) is 4.81. The van der Waals surface area contributed by atoms with Gasteiger partial charge < -0.3 is 30.0 Å². The van der Waals surface area contributed by atoms with E-state index in [1.807, 2.05) is 19.1 Å². The second-order valence-corrected chi connectivity index (χ2v) is 9.59. The van der Waals surface area contributed by atoms with Gasteiger partial charge in [0.25, 0.3) is 0 Å². The molecule has 170 valence electrons. The number of phenolic OH excluding ortho intramolecular Hbond substituents is 1. The lowest BCUT2D eigenvalue weighted by Crippen LogP contribution is -2.28. The highest BCUT2D eigenvalue weighted by Gasteiger charge is 2.22. The number of H-pyrrole nitrogens is 1. The lowest BCUT2D eigenvalue weighted by Gasteiger charge is -2.18. The highest BCUT2D eigenvalue weighted by Crippen LogP contribution is 2.30. The third-order valence-corrected chi connectivity index (χ3v) is 6.85. The van der Waals surface area contributed by atoms with Crippen LogP contribution < -0.4 is 10.1 Å². The number of aliphatic hydroxyl groups is 1. The average Bonchev–Trinajstić information content (AvgIpc) is 3.43. The van der Waals surface area contributed by atoms with Crippen LogP contribution in [0.1, 0.15) is 19.0 Å². The van der Waals surface area contributed by atoms with E-state index in [1.54, 1.807) is 18.2 Å². The molecule has 4 rings (SSSR count). The summed E-state index contributed by atoms with van der Waals surface area (Å²) in [5, 5.41) is 22.4. The number of hydrogen-bond donors (Lipinski definition) is 4. The summed E-state index contributed by atoms with van der Waals surface area (Å²) in [5.41, 5.74) is 2.09. The average molecular weight is 460 g/mol. The molecule has 0 bridgehead atoms. The van der Waals surface area contributed by atoms with Gasteiger partial charge in [-0.25, -0.2) is 13.4 Å². The van der Waals surface area contributed by atoms with Gasteiger partial charge >= 0.3 is 0 Å². The van der Waals surface area contributed by atoms with E-state index in [0.29, 0.717) is 41.6 Å². The number of rotatable bonds is 8. The minimum atomic E-state index is -3.32.